The zero-order chi connectivity index (χ0) is 13.5. The molecule has 1 amide bonds. The summed E-state index contributed by atoms with van der Waals surface area (Å²) >= 11 is 4.63. The normalized spacial score (nSPS) is 11.9. The molecule has 0 aliphatic carbocycles. The first-order valence-corrected chi connectivity index (χ1v) is 7.30. The predicted molar refractivity (Wildman–Crippen MR) is 76.9 cm³/mol. The lowest BCUT2D eigenvalue weighted by atomic mass is 10.2. The van der Waals surface area contributed by atoms with Crippen LogP contribution in [-0.4, -0.2) is 28.5 Å². The Labute approximate surface area is 118 Å². The quantitative estimate of drug-likeness (QED) is 0.841. The lowest BCUT2D eigenvalue weighted by molar-refractivity contribution is -0.140. The van der Waals surface area contributed by atoms with E-state index in [0.29, 0.717) is 5.75 Å². The number of hydrogen-bond donors (Lipinski definition) is 2. The van der Waals surface area contributed by atoms with Crippen molar-refractivity contribution in [2.75, 3.05) is 16.8 Å². The van der Waals surface area contributed by atoms with Gasteiger partial charge in [0.1, 0.15) is 0 Å². The minimum Gasteiger partial charge on any atom is -0.481 e. The maximum absolute atomic E-state index is 11.6. The van der Waals surface area contributed by atoms with Gasteiger partial charge in [-0.15, -0.1) is 0 Å². The number of halogens is 1. The first kappa shape index (κ1) is 15.0. The molecule has 0 spiro atoms. The average molecular weight is 332 g/mol. The highest BCUT2D eigenvalue weighted by atomic mass is 79.9. The third-order valence-electron chi connectivity index (χ3n) is 2.15. The van der Waals surface area contributed by atoms with E-state index in [4.69, 9.17) is 5.11 Å². The molecule has 0 saturated heterocycles. The fourth-order valence-corrected chi connectivity index (χ4v) is 2.27. The highest BCUT2D eigenvalue weighted by Crippen LogP contribution is 2.15. The summed E-state index contributed by atoms with van der Waals surface area (Å²) < 4.78 is 0.949. The lowest BCUT2D eigenvalue weighted by Gasteiger charge is -2.07. The van der Waals surface area contributed by atoms with E-state index in [0.717, 1.165) is 10.2 Å². The van der Waals surface area contributed by atoms with Crippen molar-refractivity contribution in [3.63, 3.8) is 0 Å². The molecule has 0 heterocycles. The molecule has 4 nitrogen and oxygen atoms in total. The molecule has 0 bridgehead atoms. The standard InChI is InChI=1S/C12H14BrNO3S/c1-8(12(16)17)6-18-7-11(15)14-10-4-2-9(13)3-5-10/h2-5,8H,6-7H2,1H3,(H,14,15)(H,16,17). The number of carbonyl (C=O) groups excluding carboxylic acids is 1. The summed E-state index contributed by atoms with van der Waals surface area (Å²) in [6.07, 6.45) is 0. The van der Waals surface area contributed by atoms with Crippen LogP contribution >= 0.6 is 27.7 Å². The van der Waals surface area contributed by atoms with Crippen molar-refractivity contribution in [1.82, 2.24) is 0 Å². The molecule has 0 saturated carbocycles. The molecule has 0 aliphatic heterocycles. The smallest absolute Gasteiger partial charge is 0.307 e. The Morgan fingerprint density at radius 1 is 1.39 bits per heavy atom. The zero-order valence-electron chi connectivity index (χ0n) is 9.85. The van der Waals surface area contributed by atoms with Crippen LogP contribution in [0.3, 0.4) is 0 Å². The number of aliphatic carboxylic acids is 1. The third-order valence-corrected chi connectivity index (χ3v) is 3.88. The van der Waals surface area contributed by atoms with E-state index in [1.807, 2.05) is 12.1 Å². The van der Waals surface area contributed by atoms with E-state index < -0.39 is 11.9 Å². The van der Waals surface area contributed by atoms with Crippen molar-refractivity contribution in [3.05, 3.63) is 28.7 Å². The van der Waals surface area contributed by atoms with Gasteiger partial charge in [0.2, 0.25) is 5.91 Å². The van der Waals surface area contributed by atoms with Crippen LogP contribution in [0.15, 0.2) is 28.7 Å². The topological polar surface area (TPSA) is 66.4 Å². The van der Waals surface area contributed by atoms with Crippen LogP contribution in [0.1, 0.15) is 6.92 Å². The maximum atomic E-state index is 11.6. The zero-order valence-corrected chi connectivity index (χ0v) is 12.3. The minimum atomic E-state index is -0.837. The van der Waals surface area contributed by atoms with Crippen LogP contribution in [0.4, 0.5) is 5.69 Å². The molecule has 18 heavy (non-hydrogen) atoms. The summed E-state index contributed by atoms with van der Waals surface area (Å²) in [7, 11) is 0. The largest absolute Gasteiger partial charge is 0.481 e. The van der Waals surface area contributed by atoms with Gasteiger partial charge in [-0.25, -0.2) is 0 Å². The van der Waals surface area contributed by atoms with Gasteiger partial charge >= 0.3 is 5.97 Å². The van der Waals surface area contributed by atoms with Gasteiger partial charge in [0, 0.05) is 15.9 Å². The second kappa shape index (κ2) is 7.43. The van der Waals surface area contributed by atoms with Gasteiger partial charge in [-0.05, 0) is 24.3 Å². The number of carboxylic acids is 1. The number of benzene rings is 1. The first-order chi connectivity index (χ1) is 8.49. The first-order valence-electron chi connectivity index (χ1n) is 5.35. The van der Waals surface area contributed by atoms with Gasteiger partial charge in [-0.1, -0.05) is 22.9 Å². The number of hydrogen-bond acceptors (Lipinski definition) is 3. The number of nitrogens with one attached hydrogen (secondary N) is 1. The van der Waals surface area contributed by atoms with E-state index in [1.54, 1.807) is 19.1 Å². The van der Waals surface area contributed by atoms with Crippen LogP contribution in [0.2, 0.25) is 0 Å². The molecular weight excluding hydrogens is 318 g/mol. The van der Waals surface area contributed by atoms with Crippen molar-refractivity contribution < 1.29 is 14.7 Å². The number of carboxylic acid groups (broad SMARTS) is 1. The molecule has 0 radical (unpaired) electrons. The summed E-state index contributed by atoms with van der Waals surface area (Å²) in [4.78, 5) is 22.1. The molecule has 0 aliphatic rings. The molecule has 0 aromatic heterocycles. The monoisotopic (exact) mass is 331 g/mol. The van der Waals surface area contributed by atoms with Crippen LogP contribution in [0.25, 0.3) is 0 Å². The van der Waals surface area contributed by atoms with E-state index in [-0.39, 0.29) is 11.7 Å². The number of amides is 1. The summed E-state index contributed by atoms with van der Waals surface area (Å²) in [5, 5.41) is 11.4. The minimum absolute atomic E-state index is 0.125. The van der Waals surface area contributed by atoms with Crippen LogP contribution < -0.4 is 5.32 Å². The summed E-state index contributed by atoms with van der Waals surface area (Å²) in [5.74, 6) is -0.706. The molecule has 1 atom stereocenters. The van der Waals surface area contributed by atoms with E-state index >= 15 is 0 Å². The average Bonchev–Trinajstić information content (AvgIpc) is 2.32. The molecule has 98 valence electrons. The Kier molecular flexibility index (Phi) is 6.21. The number of carbonyl (C=O) groups is 2. The van der Waals surface area contributed by atoms with Crippen LogP contribution in [0, 0.1) is 5.92 Å². The molecule has 1 aromatic carbocycles. The molecule has 6 heteroatoms. The second-order valence-corrected chi connectivity index (χ2v) is 5.76. The van der Waals surface area contributed by atoms with Crippen molar-refractivity contribution in [3.8, 4) is 0 Å². The molecule has 1 aromatic rings. The molecule has 2 N–H and O–H groups in total. The molecule has 1 rings (SSSR count). The van der Waals surface area contributed by atoms with Crippen LogP contribution in [0.5, 0.6) is 0 Å². The maximum Gasteiger partial charge on any atom is 0.307 e. The number of rotatable bonds is 6. The lowest BCUT2D eigenvalue weighted by Crippen LogP contribution is -2.17. The van der Waals surface area contributed by atoms with Gasteiger partial charge < -0.3 is 10.4 Å². The van der Waals surface area contributed by atoms with Crippen LogP contribution in [-0.2, 0) is 9.59 Å². The van der Waals surface area contributed by atoms with E-state index in [9.17, 15) is 9.59 Å². The van der Waals surface area contributed by atoms with Crippen molar-refractivity contribution >= 4 is 45.3 Å². The molecule has 1 unspecified atom stereocenters. The van der Waals surface area contributed by atoms with E-state index in [2.05, 4.69) is 21.2 Å². The fourth-order valence-electron chi connectivity index (χ4n) is 1.13. The highest BCUT2D eigenvalue weighted by Gasteiger charge is 2.11. The Bertz CT molecular complexity index is 422. The fraction of sp³-hybridized carbons (Fsp3) is 0.333. The summed E-state index contributed by atoms with van der Waals surface area (Å²) in [5.41, 5.74) is 0.732. The Balaban J connectivity index is 2.30. The van der Waals surface area contributed by atoms with Gasteiger partial charge in [0.15, 0.2) is 0 Å². The Hall–Kier alpha value is -1.01. The van der Waals surface area contributed by atoms with Gasteiger partial charge in [-0.3, -0.25) is 9.59 Å². The van der Waals surface area contributed by atoms with Gasteiger partial charge in [0.25, 0.3) is 0 Å². The van der Waals surface area contributed by atoms with Gasteiger partial charge in [0.05, 0.1) is 11.7 Å². The predicted octanol–water partition coefficient (Wildman–Crippen LogP) is 2.84. The Morgan fingerprint density at radius 2 is 2.00 bits per heavy atom. The highest BCUT2D eigenvalue weighted by molar-refractivity contribution is 9.10. The molecule has 0 fully saturated rings. The summed E-state index contributed by atoms with van der Waals surface area (Å²) in [6.45, 7) is 1.63. The van der Waals surface area contributed by atoms with Gasteiger partial charge in [-0.2, -0.15) is 11.8 Å². The number of thioether (sulfide) groups is 1. The van der Waals surface area contributed by atoms with E-state index in [1.165, 1.54) is 11.8 Å². The summed E-state index contributed by atoms with van der Waals surface area (Å²) in [6, 6.07) is 7.28. The van der Waals surface area contributed by atoms with Crippen molar-refractivity contribution in [2.24, 2.45) is 5.92 Å². The van der Waals surface area contributed by atoms with Crippen molar-refractivity contribution in [1.29, 1.82) is 0 Å². The molecular formula is C12H14BrNO3S. The SMILES string of the molecule is CC(CSCC(=O)Nc1ccc(Br)cc1)C(=O)O. The third kappa shape index (κ3) is 5.55. The Morgan fingerprint density at radius 3 is 2.56 bits per heavy atom. The van der Waals surface area contributed by atoms with Crippen molar-refractivity contribution in [2.45, 2.75) is 6.92 Å². The number of anilines is 1. The second-order valence-electron chi connectivity index (χ2n) is 3.81.